The molecule has 0 amide bonds. The highest BCUT2D eigenvalue weighted by Gasteiger charge is 2.78. The minimum absolute atomic E-state index is 0.0289. The van der Waals surface area contributed by atoms with Crippen molar-refractivity contribution in [2.75, 3.05) is 0 Å². The van der Waals surface area contributed by atoms with Gasteiger partial charge in [-0.25, -0.2) is 0 Å². The van der Waals surface area contributed by atoms with Gasteiger partial charge in [-0.05, 0) is 116 Å². The van der Waals surface area contributed by atoms with E-state index in [9.17, 15) is 33.9 Å². The Morgan fingerprint density at radius 3 is 2.20 bits per heavy atom. The number of unbranched alkanes of at least 4 members (excludes halogenated alkanes) is 4. The highest BCUT2D eigenvalue weighted by molar-refractivity contribution is 5.98. The summed E-state index contributed by atoms with van der Waals surface area (Å²) >= 11 is 0. The zero-order valence-corrected chi connectivity index (χ0v) is 30.6. The molecule has 10 nitrogen and oxygen atoms in total. The van der Waals surface area contributed by atoms with Crippen molar-refractivity contribution in [2.24, 2.45) is 81.3 Å². The quantitative estimate of drug-likeness (QED) is 0.109. The summed E-state index contributed by atoms with van der Waals surface area (Å²) in [5.41, 5.74) is -1.68. The van der Waals surface area contributed by atoms with Crippen molar-refractivity contribution in [3.8, 4) is 0 Å². The Morgan fingerprint density at radius 1 is 0.860 bits per heavy atom. The second-order valence-electron chi connectivity index (χ2n) is 18.1. The van der Waals surface area contributed by atoms with Crippen LogP contribution in [0.3, 0.4) is 0 Å². The molecule has 2 heterocycles. The highest BCUT2D eigenvalue weighted by atomic mass is 16.6. The van der Waals surface area contributed by atoms with Crippen LogP contribution in [-0.4, -0.2) is 46.0 Å². The van der Waals surface area contributed by atoms with Gasteiger partial charge in [-0.3, -0.25) is 28.8 Å². The van der Waals surface area contributed by atoms with Crippen molar-refractivity contribution in [3.05, 3.63) is 0 Å². The topological polar surface area (TPSA) is 161 Å². The minimum atomic E-state index is -0.844. The summed E-state index contributed by atoms with van der Waals surface area (Å²) in [5, 5.41) is 19.5. The molecule has 7 rings (SSSR count). The van der Waals surface area contributed by atoms with Crippen LogP contribution in [0.4, 0.5) is 0 Å². The number of hydrogen-bond acceptors (Lipinski definition) is 8. The molecule has 2 aliphatic heterocycles. The van der Waals surface area contributed by atoms with E-state index in [0.717, 1.165) is 51.4 Å². The first-order chi connectivity index (χ1) is 23.6. The molecule has 10 heteroatoms. The van der Waals surface area contributed by atoms with Gasteiger partial charge < -0.3 is 19.7 Å². The summed E-state index contributed by atoms with van der Waals surface area (Å²) < 4.78 is 10.6. The van der Waals surface area contributed by atoms with Crippen molar-refractivity contribution >= 4 is 35.8 Å². The first kappa shape index (κ1) is 37.0. The van der Waals surface area contributed by atoms with Crippen LogP contribution < -0.4 is 0 Å². The van der Waals surface area contributed by atoms with Gasteiger partial charge in [-0.15, -0.1) is 0 Å². The average molecular weight is 699 g/mol. The Kier molecular flexibility index (Phi) is 10.1. The predicted molar refractivity (Wildman–Crippen MR) is 181 cm³/mol. The summed E-state index contributed by atoms with van der Waals surface area (Å²) in [6.45, 7) is 10.9. The molecule has 13 unspecified atom stereocenters. The smallest absolute Gasteiger partial charge is 0.318 e. The van der Waals surface area contributed by atoms with Crippen LogP contribution in [0, 0.1) is 81.3 Å². The highest BCUT2D eigenvalue weighted by Crippen LogP contribution is 2.78. The van der Waals surface area contributed by atoms with Crippen LogP contribution in [0.2, 0.25) is 0 Å². The Labute approximate surface area is 296 Å². The summed E-state index contributed by atoms with van der Waals surface area (Å²) in [6, 6.07) is 0. The second kappa shape index (κ2) is 13.6. The molecule has 2 saturated heterocycles. The molecule has 50 heavy (non-hydrogen) atoms. The van der Waals surface area contributed by atoms with E-state index in [4.69, 9.17) is 14.6 Å². The van der Waals surface area contributed by atoms with Gasteiger partial charge in [-0.2, -0.15) is 0 Å². The molecule has 7 fully saturated rings. The minimum Gasteiger partial charge on any atom is -0.481 e. The number of carbonyl (C=O) groups is 6. The lowest BCUT2D eigenvalue weighted by Gasteiger charge is -2.74. The molecule has 2 N–H and O–H groups in total. The van der Waals surface area contributed by atoms with Gasteiger partial charge in [0.25, 0.3) is 0 Å². The van der Waals surface area contributed by atoms with E-state index in [1.807, 2.05) is 6.92 Å². The van der Waals surface area contributed by atoms with Gasteiger partial charge in [0, 0.05) is 6.42 Å². The zero-order chi connectivity index (χ0) is 36.3. The van der Waals surface area contributed by atoms with Gasteiger partial charge in [0.05, 0.1) is 29.6 Å². The fraction of sp³-hybridized carbons (Fsp3) is 0.850. The van der Waals surface area contributed by atoms with Crippen LogP contribution in [0.15, 0.2) is 0 Å². The van der Waals surface area contributed by atoms with E-state index in [-0.39, 0.29) is 71.6 Å². The van der Waals surface area contributed by atoms with Crippen molar-refractivity contribution < 1.29 is 48.5 Å². The number of aliphatic carboxylic acids is 2. The summed E-state index contributed by atoms with van der Waals surface area (Å²) in [4.78, 5) is 76.6. The van der Waals surface area contributed by atoms with E-state index >= 15 is 0 Å². The van der Waals surface area contributed by atoms with Gasteiger partial charge in [0.15, 0.2) is 0 Å². The van der Waals surface area contributed by atoms with Crippen LogP contribution in [0.1, 0.15) is 131 Å². The van der Waals surface area contributed by atoms with Crippen molar-refractivity contribution in [2.45, 2.75) is 131 Å². The third-order valence-electron chi connectivity index (χ3n) is 15.4. The molecular weight excluding hydrogens is 640 g/mol. The standard InChI is InChI=1S/C40H58O10/c1-21(2)30-25-19-27-38(4)15-11-16-39(5,37(47)48)26(38)14-17-40(27,33-31(25)35(45)50-36(33)46)32(30)22(3)18-23(24-20-29(43)49-34(24)44)12-9-7-6-8-10-13-28(41)42/h21-27,30-33H,6-20H2,1-5H3,(H,41,42)(H,47,48). The summed E-state index contributed by atoms with van der Waals surface area (Å²) in [5.74, 6) is -4.37. The van der Waals surface area contributed by atoms with Gasteiger partial charge in [0.1, 0.15) is 0 Å². The zero-order valence-electron chi connectivity index (χ0n) is 30.6. The molecule has 1 spiro atoms. The maximum absolute atomic E-state index is 13.9. The molecule has 0 aromatic heterocycles. The van der Waals surface area contributed by atoms with E-state index in [0.29, 0.717) is 32.1 Å². The largest absolute Gasteiger partial charge is 0.481 e. The van der Waals surface area contributed by atoms with E-state index in [2.05, 4.69) is 27.7 Å². The monoisotopic (exact) mass is 698 g/mol. The van der Waals surface area contributed by atoms with E-state index in [1.54, 1.807) is 0 Å². The molecule has 13 atom stereocenters. The number of cyclic esters (lactones) is 4. The molecule has 5 saturated carbocycles. The Morgan fingerprint density at radius 2 is 1.56 bits per heavy atom. The number of ether oxygens (including phenoxy) is 2. The summed E-state index contributed by atoms with van der Waals surface area (Å²) in [6.07, 6.45) is 10.3. The molecule has 5 aliphatic carbocycles. The number of carboxylic acid groups (broad SMARTS) is 2. The fourth-order valence-corrected chi connectivity index (χ4v) is 13.8. The Bertz CT molecular complexity index is 1400. The fourth-order valence-electron chi connectivity index (χ4n) is 13.8. The van der Waals surface area contributed by atoms with E-state index in [1.165, 1.54) is 0 Å². The second-order valence-corrected chi connectivity index (χ2v) is 18.1. The van der Waals surface area contributed by atoms with Crippen molar-refractivity contribution in [1.82, 2.24) is 0 Å². The number of carboxylic acids is 2. The van der Waals surface area contributed by atoms with Crippen LogP contribution in [-0.2, 0) is 38.2 Å². The van der Waals surface area contributed by atoms with Gasteiger partial charge >= 0.3 is 35.8 Å². The van der Waals surface area contributed by atoms with Crippen LogP contribution in [0.25, 0.3) is 0 Å². The number of esters is 4. The SMILES string of the molecule is CC(C)C1C2CC3C4(C)CCCC(C)(C(=O)O)C4CCC3(C3C(=O)OC(=O)C23)C1C(C)CC(CCCCCCCC(=O)O)C1CC(=O)OC1=O. The van der Waals surface area contributed by atoms with Crippen LogP contribution >= 0.6 is 0 Å². The third-order valence-corrected chi connectivity index (χ3v) is 15.4. The predicted octanol–water partition coefficient (Wildman–Crippen LogP) is 7.07. The lowest BCUT2D eigenvalue weighted by atomic mass is 9.29. The molecular formula is C40H58O10. The number of fused-ring (bicyclic) bond motifs is 2. The molecule has 2 bridgehead atoms. The molecule has 0 aromatic rings. The first-order valence-corrected chi connectivity index (χ1v) is 19.5. The average Bonchev–Trinajstić information content (AvgIpc) is 3.55. The van der Waals surface area contributed by atoms with Gasteiger partial charge in [-0.1, -0.05) is 59.8 Å². The lowest BCUT2D eigenvalue weighted by molar-refractivity contribution is -0.270. The maximum atomic E-state index is 13.9. The number of rotatable bonds is 14. The maximum Gasteiger partial charge on any atom is 0.318 e. The molecule has 0 radical (unpaired) electrons. The third kappa shape index (κ3) is 5.82. The van der Waals surface area contributed by atoms with Crippen molar-refractivity contribution in [3.63, 3.8) is 0 Å². The van der Waals surface area contributed by atoms with Crippen LogP contribution in [0.5, 0.6) is 0 Å². The van der Waals surface area contributed by atoms with Gasteiger partial charge in [0.2, 0.25) is 0 Å². The van der Waals surface area contributed by atoms with E-state index < -0.39 is 58.4 Å². The summed E-state index contributed by atoms with van der Waals surface area (Å²) in [7, 11) is 0. The molecule has 7 aliphatic rings. The lowest BCUT2D eigenvalue weighted by Crippen LogP contribution is -2.71. The molecule has 278 valence electrons. The molecule has 0 aromatic carbocycles. The Balaban J connectivity index is 1.35. The normalized spacial score (nSPS) is 41.6. The van der Waals surface area contributed by atoms with Crippen molar-refractivity contribution in [1.29, 1.82) is 0 Å². The number of carbonyl (C=O) groups excluding carboxylic acids is 4. The number of hydrogen-bond donors (Lipinski definition) is 2. The Hall–Kier alpha value is -2.78. The first-order valence-electron chi connectivity index (χ1n) is 19.5.